The van der Waals surface area contributed by atoms with Crippen molar-refractivity contribution in [2.45, 2.75) is 46.3 Å². The van der Waals surface area contributed by atoms with E-state index in [1.54, 1.807) is 46.2 Å². The van der Waals surface area contributed by atoms with Crippen LogP contribution in [0.1, 0.15) is 60.8 Å². The first-order valence-corrected chi connectivity index (χ1v) is 10.7. The van der Waals surface area contributed by atoms with Gasteiger partial charge in [-0.3, -0.25) is 9.59 Å². The predicted octanol–water partition coefficient (Wildman–Crippen LogP) is 4.14. The van der Waals surface area contributed by atoms with Gasteiger partial charge in [0.2, 0.25) is 0 Å². The molecule has 1 aromatic heterocycles. The zero-order valence-electron chi connectivity index (χ0n) is 19.1. The number of nitrogens with zero attached hydrogens (tertiary/aromatic N) is 2. The Morgan fingerprint density at radius 2 is 1.59 bits per heavy atom. The average molecular weight is 443 g/mol. The van der Waals surface area contributed by atoms with E-state index in [-0.39, 0.29) is 30.2 Å². The zero-order valence-corrected chi connectivity index (χ0v) is 19.1. The Morgan fingerprint density at radius 1 is 0.938 bits per heavy atom. The summed E-state index contributed by atoms with van der Waals surface area (Å²) in [5, 5.41) is 0. The lowest BCUT2D eigenvalue weighted by molar-refractivity contribution is 0.0255. The summed E-state index contributed by atoms with van der Waals surface area (Å²) in [4.78, 5) is 39.8. The number of carbonyl (C=O) groups excluding carboxylic acids is 3. The van der Waals surface area contributed by atoms with Crippen molar-refractivity contribution in [3.63, 3.8) is 0 Å². The first-order valence-electron chi connectivity index (χ1n) is 10.7. The maximum atomic E-state index is 12.9. The Balaban J connectivity index is 1.53. The number of ether oxygens (including phenoxy) is 2. The average Bonchev–Trinajstić information content (AvgIpc) is 3.06. The molecule has 2 amide bonds. The van der Waals surface area contributed by atoms with Crippen molar-refractivity contribution in [2.24, 2.45) is 0 Å². The van der Waals surface area contributed by atoms with Crippen molar-refractivity contribution < 1.29 is 28.3 Å². The third-order valence-electron chi connectivity index (χ3n) is 4.95. The van der Waals surface area contributed by atoms with Crippen LogP contribution >= 0.6 is 0 Å². The maximum absolute atomic E-state index is 12.9. The molecule has 0 spiro atoms. The van der Waals surface area contributed by atoms with Crippen LogP contribution < -0.4 is 4.74 Å². The van der Waals surface area contributed by atoms with Gasteiger partial charge in [-0.1, -0.05) is 0 Å². The smallest absolute Gasteiger partial charge is 0.410 e. The molecule has 1 aliphatic rings. The monoisotopic (exact) mass is 442 g/mol. The van der Waals surface area contributed by atoms with Crippen LogP contribution in [0.25, 0.3) is 0 Å². The third-order valence-corrected chi connectivity index (χ3v) is 4.95. The highest BCUT2D eigenvalue weighted by Gasteiger charge is 2.27. The molecule has 0 atom stereocenters. The van der Waals surface area contributed by atoms with Crippen molar-refractivity contribution in [1.82, 2.24) is 9.80 Å². The van der Waals surface area contributed by atoms with E-state index >= 15 is 0 Å². The largest absolute Gasteiger partial charge is 0.486 e. The molecule has 2 heterocycles. The normalized spacial score (nSPS) is 14.6. The molecule has 0 aliphatic carbocycles. The highest BCUT2D eigenvalue weighted by molar-refractivity contribution is 5.94. The molecule has 0 N–H and O–H groups in total. The van der Waals surface area contributed by atoms with E-state index in [9.17, 15) is 14.4 Å². The number of Topliss-reactive ketones (excluding diaryl/α,β-unsaturated/α-hetero) is 1. The van der Waals surface area contributed by atoms with Crippen molar-refractivity contribution >= 4 is 17.8 Å². The van der Waals surface area contributed by atoms with Crippen LogP contribution in [0, 0.1) is 0 Å². The third kappa shape index (κ3) is 6.35. The van der Waals surface area contributed by atoms with Crippen LogP contribution in [-0.4, -0.2) is 59.4 Å². The molecule has 172 valence electrons. The molecular formula is C24H30N2O6. The van der Waals surface area contributed by atoms with Gasteiger partial charge in [-0.25, -0.2) is 4.79 Å². The second-order valence-electron chi connectivity index (χ2n) is 8.75. The van der Waals surface area contributed by atoms with Crippen molar-refractivity contribution in [1.29, 1.82) is 0 Å². The van der Waals surface area contributed by atoms with E-state index in [4.69, 9.17) is 13.9 Å². The molecular weight excluding hydrogens is 412 g/mol. The summed E-state index contributed by atoms with van der Waals surface area (Å²) >= 11 is 0. The molecule has 2 aromatic rings. The molecule has 1 saturated heterocycles. The minimum Gasteiger partial charge on any atom is -0.486 e. The van der Waals surface area contributed by atoms with E-state index in [0.29, 0.717) is 49.7 Å². The van der Waals surface area contributed by atoms with E-state index < -0.39 is 5.60 Å². The number of amides is 2. The fourth-order valence-corrected chi connectivity index (χ4v) is 3.30. The molecule has 0 saturated carbocycles. The van der Waals surface area contributed by atoms with Crippen LogP contribution in [0.2, 0.25) is 0 Å². The Kier molecular flexibility index (Phi) is 7.22. The number of hydrogen-bond acceptors (Lipinski definition) is 6. The Morgan fingerprint density at radius 3 is 2.25 bits per heavy atom. The van der Waals surface area contributed by atoms with Gasteiger partial charge in [0.15, 0.2) is 11.5 Å². The summed E-state index contributed by atoms with van der Waals surface area (Å²) in [6.45, 7) is 9.07. The second kappa shape index (κ2) is 9.89. The highest BCUT2D eigenvalue weighted by atomic mass is 16.6. The van der Waals surface area contributed by atoms with Gasteiger partial charge in [0.1, 0.15) is 23.7 Å². The lowest BCUT2D eigenvalue weighted by Gasteiger charge is -2.26. The van der Waals surface area contributed by atoms with E-state index in [1.165, 1.54) is 6.92 Å². The summed E-state index contributed by atoms with van der Waals surface area (Å²) in [6.07, 6.45) is 0.304. The topological polar surface area (TPSA) is 89.3 Å². The number of benzene rings is 1. The maximum Gasteiger partial charge on any atom is 0.410 e. The Labute approximate surface area is 188 Å². The fourth-order valence-electron chi connectivity index (χ4n) is 3.30. The van der Waals surface area contributed by atoms with Crippen LogP contribution in [0.4, 0.5) is 4.79 Å². The van der Waals surface area contributed by atoms with E-state index in [1.807, 2.05) is 20.8 Å². The standard InChI is InChI=1S/C24H30N2O6/c1-17(27)18-6-8-19(9-7-18)30-16-20-10-11-21(31-20)22(28)25-12-5-13-26(15-14-25)23(29)32-24(2,3)4/h6-11H,5,12-16H2,1-4H3. The first kappa shape index (κ1) is 23.4. The van der Waals surface area contributed by atoms with Gasteiger partial charge in [-0.2, -0.15) is 0 Å². The Hall–Kier alpha value is -3.29. The molecule has 0 bridgehead atoms. The van der Waals surface area contributed by atoms with Crippen molar-refractivity contribution in [2.75, 3.05) is 26.2 Å². The van der Waals surface area contributed by atoms with Gasteiger partial charge >= 0.3 is 6.09 Å². The fraction of sp³-hybridized carbons (Fsp3) is 0.458. The minimum atomic E-state index is -0.555. The molecule has 32 heavy (non-hydrogen) atoms. The lowest BCUT2D eigenvalue weighted by atomic mass is 10.1. The number of carbonyl (C=O) groups is 3. The van der Waals surface area contributed by atoms with Gasteiger partial charge in [0.25, 0.3) is 5.91 Å². The molecule has 1 fully saturated rings. The van der Waals surface area contributed by atoms with Gasteiger partial charge in [-0.05, 0) is 70.5 Å². The lowest BCUT2D eigenvalue weighted by Crippen LogP contribution is -2.40. The van der Waals surface area contributed by atoms with E-state index in [0.717, 1.165) is 0 Å². The van der Waals surface area contributed by atoms with Gasteiger partial charge < -0.3 is 23.7 Å². The Bertz CT molecular complexity index is 958. The summed E-state index contributed by atoms with van der Waals surface area (Å²) in [7, 11) is 0. The second-order valence-corrected chi connectivity index (χ2v) is 8.75. The number of hydrogen-bond donors (Lipinski definition) is 0. The van der Waals surface area contributed by atoms with Gasteiger partial charge in [0.05, 0.1) is 0 Å². The van der Waals surface area contributed by atoms with Crippen molar-refractivity contribution in [3.05, 3.63) is 53.5 Å². The van der Waals surface area contributed by atoms with Crippen molar-refractivity contribution in [3.8, 4) is 5.75 Å². The van der Waals surface area contributed by atoms with Gasteiger partial charge in [0, 0.05) is 31.7 Å². The zero-order chi connectivity index (χ0) is 23.3. The summed E-state index contributed by atoms with van der Waals surface area (Å²) in [5.74, 6) is 1.14. The molecule has 1 aromatic carbocycles. The highest BCUT2D eigenvalue weighted by Crippen LogP contribution is 2.18. The molecule has 8 nitrogen and oxygen atoms in total. The minimum absolute atomic E-state index is 0.00605. The quantitative estimate of drug-likeness (QED) is 0.647. The predicted molar refractivity (Wildman–Crippen MR) is 118 cm³/mol. The number of furan rings is 1. The summed E-state index contributed by atoms with van der Waals surface area (Å²) in [5.41, 5.74) is 0.0620. The molecule has 8 heteroatoms. The first-order chi connectivity index (χ1) is 15.1. The molecule has 3 rings (SSSR count). The SMILES string of the molecule is CC(=O)c1ccc(OCc2ccc(C(=O)N3CCCN(C(=O)OC(C)(C)C)CC3)o2)cc1. The number of ketones is 1. The molecule has 1 aliphatic heterocycles. The van der Waals surface area contributed by atoms with Crippen LogP contribution in [0.3, 0.4) is 0 Å². The van der Waals surface area contributed by atoms with Crippen LogP contribution in [0.15, 0.2) is 40.8 Å². The molecule has 0 radical (unpaired) electrons. The summed E-state index contributed by atoms with van der Waals surface area (Å²) < 4.78 is 16.8. The summed E-state index contributed by atoms with van der Waals surface area (Å²) in [6, 6.07) is 10.2. The van der Waals surface area contributed by atoms with E-state index in [2.05, 4.69) is 0 Å². The van der Waals surface area contributed by atoms with Gasteiger partial charge in [-0.15, -0.1) is 0 Å². The molecule has 0 unspecified atom stereocenters. The van der Waals surface area contributed by atoms with Crippen LogP contribution in [0.5, 0.6) is 5.75 Å². The number of rotatable bonds is 5. The van der Waals surface area contributed by atoms with Crippen LogP contribution in [-0.2, 0) is 11.3 Å².